The average molecular weight is 196 g/mol. The van der Waals surface area contributed by atoms with Gasteiger partial charge in [-0.15, -0.1) is 0 Å². The van der Waals surface area contributed by atoms with Crippen LogP contribution in [0.25, 0.3) is 0 Å². The standard InChI is InChI=1S/C10H16N2O2/c1-5-11-9(13)7-6-8(14-12-7)10(2,3)4/h6H,5H2,1-4H3,(H,11,13). The Morgan fingerprint density at radius 3 is 2.64 bits per heavy atom. The van der Waals surface area contributed by atoms with Crippen molar-refractivity contribution in [2.75, 3.05) is 6.54 Å². The topological polar surface area (TPSA) is 55.1 Å². The lowest BCUT2D eigenvalue weighted by molar-refractivity contribution is 0.0946. The first-order valence-electron chi connectivity index (χ1n) is 4.70. The van der Waals surface area contributed by atoms with Gasteiger partial charge in [0.2, 0.25) is 0 Å². The fourth-order valence-corrected chi connectivity index (χ4v) is 0.987. The fraction of sp³-hybridized carbons (Fsp3) is 0.600. The normalized spacial score (nSPS) is 11.4. The Morgan fingerprint density at radius 2 is 2.21 bits per heavy atom. The number of aromatic nitrogens is 1. The summed E-state index contributed by atoms with van der Waals surface area (Å²) >= 11 is 0. The second-order valence-electron chi connectivity index (χ2n) is 4.19. The molecule has 0 saturated heterocycles. The highest BCUT2D eigenvalue weighted by atomic mass is 16.5. The van der Waals surface area contributed by atoms with E-state index in [2.05, 4.69) is 10.5 Å². The average Bonchev–Trinajstić information content (AvgIpc) is 2.51. The number of amides is 1. The third-order valence-electron chi connectivity index (χ3n) is 1.82. The van der Waals surface area contributed by atoms with Crippen molar-refractivity contribution in [2.24, 2.45) is 0 Å². The van der Waals surface area contributed by atoms with Crippen LogP contribution in [0.4, 0.5) is 0 Å². The van der Waals surface area contributed by atoms with Crippen LogP contribution < -0.4 is 5.32 Å². The zero-order valence-corrected chi connectivity index (χ0v) is 9.05. The summed E-state index contributed by atoms with van der Waals surface area (Å²) in [5, 5.41) is 6.38. The van der Waals surface area contributed by atoms with Crippen molar-refractivity contribution in [3.8, 4) is 0 Å². The van der Waals surface area contributed by atoms with Crippen molar-refractivity contribution >= 4 is 5.91 Å². The Kier molecular flexibility index (Phi) is 2.93. The Morgan fingerprint density at radius 1 is 1.57 bits per heavy atom. The van der Waals surface area contributed by atoms with Gasteiger partial charge in [0.1, 0.15) is 5.76 Å². The van der Waals surface area contributed by atoms with Crippen molar-refractivity contribution in [2.45, 2.75) is 33.1 Å². The summed E-state index contributed by atoms with van der Waals surface area (Å²) in [6.07, 6.45) is 0. The number of carbonyl (C=O) groups is 1. The van der Waals surface area contributed by atoms with Crippen molar-refractivity contribution in [1.29, 1.82) is 0 Å². The van der Waals surface area contributed by atoms with Gasteiger partial charge in [0.15, 0.2) is 5.69 Å². The van der Waals surface area contributed by atoms with E-state index in [9.17, 15) is 4.79 Å². The Labute approximate surface area is 83.7 Å². The minimum absolute atomic E-state index is 0.113. The van der Waals surface area contributed by atoms with E-state index in [1.807, 2.05) is 27.7 Å². The number of nitrogens with one attached hydrogen (secondary N) is 1. The summed E-state index contributed by atoms with van der Waals surface area (Å²) in [5.74, 6) is 0.533. The van der Waals surface area contributed by atoms with Crippen LogP contribution in [0.1, 0.15) is 43.9 Å². The van der Waals surface area contributed by atoms with Gasteiger partial charge in [-0.3, -0.25) is 4.79 Å². The molecule has 1 N–H and O–H groups in total. The molecule has 0 bridgehead atoms. The lowest BCUT2D eigenvalue weighted by Gasteiger charge is -2.12. The van der Waals surface area contributed by atoms with Crippen molar-refractivity contribution in [3.05, 3.63) is 17.5 Å². The first-order valence-corrected chi connectivity index (χ1v) is 4.70. The van der Waals surface area contributed by atoms with Crippen LogP contribution in [-0.4, -0.2) is 17.6 Å². The van der Waals surface area contributed by atoms with E-state index >= 15 is 0 Å². The zero-order chi connectivity index (χ0) is 10.8. The summed E-state index contributed by atoms with van der Waals surface area (Å²) in [6.45, 7) is 8.48. The summed E-state index contributed by atoms with van der Waals surface area (Å²) in [6, 6.07) is 1.69. The third kappa shape index (κ3) is 2.34. The molecule has 1 heterocycles. The summed E-state index contributed by atoms with van der Waals surface area (Å²) in [4.78, 5) is 11.4. The van der Waals surface area contributed by atoms with Crippen LogP contribution in [0.15, 0.2) is 10.6 Å². The van der Waals surface area contributed by atoms with Gasteiger partial charge in [0, 0.05) is 18.0 Å². The van der Waals surface area contributed by atoms with Gasteiger partial charge in [0.25, 0.3) is 5.91 Å². The van der Waals surface area contributed by atoms with Crippen LogP contribution in [0.2, 0.25) is 0 Å². The minimum Gasteiger partial charge on any atom is -0.360 e. The molecule has 0 unspecified atom stereocenters. The van der Waals surface area contributed by atoms with E-state index < -0.39 is 0 Å². The molecule has 0 radical (unpaired) electrons. The third-order valence-corrected chi connectivity index (χ3v) is 1.82. The van der Waals surface area contributed by atoms with Crippen molar-refractivity contribution < 1.29 is 9.32 Å². The number of nitrogens with zero attached hydrogens (tertiary/aromatic N) is 1. The van der Waals surface area contributed by atoms with Gasteiger partial charge in [-0.05, 0) is 6.92 Å². The summed E-state index contributed by atoms with van der Waals surface area (Å²) < 4.78 is 5.09. The van der Waals surface area contributed by atoms with E-state index in [1.54, 1.807) is 6.07 Å². The van der Waals surface area contributed by atoms with E-state index in [1.165, 1.54) is 0 Å². The number of hydrogen-bond donors (Lipinski definition) is 1. The molecule has 0 fully saturated rings. The molecule has 1 amide bonds. The molecule has 0 aliphatic heterocycles. The molecule has 14 heavy (non-hydrogen) atoms. The smallest absolute Gasteiger partial charge is 0.273 e. The summed E-state index contributed by atoms with van der Waals surface area (Å²) in [7, 11) is 0. The second-order valence-corrected chi connectivity index (χ2v) is 4.19. The predicted octanol–water partition coefficient (Wildman–Crippen LogP) is 1.72. The van der Waals surface area contributed by atoms with Crippen molar-refractivity contribution in [3.63, 3.8) is 0 Å². The van der Waals surface area contributed by atoms with E-state index in [0.29, 0.717) is 12.2 Å². The van der Waals surface area contributed by atoms with Gasteiger partial charge >= 0.3 is 0 Å². The Hall–Kier alpha value is -1.32. The molecule has 1 aromatic heterocycles. The van der Waals surface area contributed by atoms with Gasteiger partial charge in [-0.25, -0.2) is 0 Å². The van der Waals surface area contributed by atoms with E-state index in [-0.39, 0.29) is 11.3 Å². The predicted molar refractivity (Wildman–Crippen MR) is 53.2 cm³/mol. The Balaban J connectivity index is 2.83. The van der Waals surface area contributed by atoms with E-state index in [0.717, 1.165) is 5.76 Å². The van der Waals surface area contributed by atoms with E-state index in [4.69, 9.17) is 4.52 Å². The molecule has 78 valence electrons. The maximum atomic E-state index is 11.4. The molecule has 0 atom stereocenters. The molecule has 0 aliphatic rings. The highest BCUT2D eigenvalue weighted by molar-refractivity contribution is 5.92. The van der Waals surface area contributed by atoms with Crippen LogP contribution >= 0.6 is 0 Å². The van der Waals surface area contributed by atoms with Gasteiger partial charge in [0.05, 0.1) is 0 Å². The maximum Gasteiger partial charge on any atom is 0.273 e. The molecule has 4 nitrogen and oxygen atoms in total. The fourth-order valence-electron chi connectivity index (χ4n) is 0.987. The van der Waals surface area contributed by atoms with Crippen LogP contribution in [0.5, 0.6) is 0 Å². The minimum atomic E-state index is -0.188. The highest BCUT2D eigenvalue weighted by Gasteiger charge is 2.21. The molecule has 0 aliphatic carbocycles. The summed E-state index contributed by atoms with van der Waals surface area (Å²) in [5.41, 5.74) is 0.231. The molecule has 1 rings (SSSR count). The zero-order valence-electron chi connectivity index (χ0n) is 9.05. The first kappa shape index (κ1) is 10.8. The highest BCUT2D eigenvalue weighted by Crippen LogP contribution is 2.22. The van der Waals surface area contributed by atoms with Crippen LogP contribution in [-0.2, 0) is 5.41 Å². The van der Waals surface area contributed by atoms with Crippen LogP contribution in [0.3, 0.4) is 0 Å². The monoisotopic (exact) mass is 196 g/mol. The van der Waals surface area contributed by atoms with Crippen molar-refractivity contribution in [1.82, 2.24) is 10.5 Å². The van der Waals surface area contributed by atoms with Gasteiger partial charge in [-0.1, -0.05) is 25.9 Å². The molecule has 0 saturated carbocycles. The lowest BCUT2D eigenvalue weighted by atomic mass is 9.93. The molecular formula is C10H16N2O2. The molecule has 0 spiro atoms. The second kappa shape index (κ2) is 3.82. The number of carbonyl (C=O) groups excluding carboxylic acids is 1. The Bertz CT molecular complexity index is 323. The van der Waals surface area contributed by atoms with Gasteiger partial charge < -0.3 is 9.84 Å². The number of rotatable bonds is 2. The molecule has 1 aromatic rings. The largest absolute Gasteiger partial charge is 0.360 e. The first-order chi connectivity index (χ1) is 6.45. The molecule has 4 heteroatoms. The maximum absolute atomic E-state index is 11.4. The molecular weight excluding hydrogens is 180 g/mol. The quantitative estimate of drug-likeness (QED) is 0.783. The van der Waals surface area contributed by atoms with Crippen LogP contribution in [0, 0.1) is 0 Å². The lowest BCUT2D eigenvalue weighted by Crippen LogP contribution is -2.22. The SMILES string of the molecule is CCNC(=O)c1cc(C(C)(C)C)on1. The number of hydrogen-bond acceptors (Lipinski definition) is 3. The van der Waals surface area contributed by atoms with Gasteiger partial charge in [-0.2, -0.15) is 0 Å². The molecule has 0 aromatic carbocycles.